The molecular weight excluding hydrogens is 428 g/mol. The van der Waals surface area contributed by atoms with Gasteiger partial charge in [-0.25, -0.2) is 24.5 Å². The molecule has 2 aromatic heterocycles. The lowest BCUT2D eigenvalue weighted by Crippen LogP contribution is -2.27. The summed E-state index contributed by atoms with van der Waals surface area (Å²) in [7, 11) is 0.857. The second-order valence-corrected chi connectivity index (χ2v) is 13.6. The highest BCUT2D eigenvalue weighted by atomic mass is 35.5. The SMILES string of the molecule is COc1ncc(Cl)cc1-c1c(NC(=O)OC(C)(C)C)cnn1COCCS(C)(C)C. The van der Waals surface area contributed by atoms with E-state index < -0.39 is 21.7 Å². The van der Waals surface area contributed by atoms with Crippen LogP contribution in [0.4, 0.5) is 10.5 Å². The van der Waals surface area contributed by atoms with Gasteiger partial charge < -0.3 is 14.2 Å². The molecule has 168 valence electrons. The van der Waals surface area contributed by atoms with Crippen molar-refractivity contribution in [2.24, 2.45) is 0 Å². The van der Waals surface area contributed by atoms with Gasteiger partial charge in [-0.3, -0.25) is 5.32 Å². The minimum atomic E-state index is -0.661. The van der Waals surface area contributed by atoms with Crippen molar-refractivity contribution in [2.75, 3.05) is 43.6 Å². The van der Waals surface area contributed by atoms with Crippen LogP contribution < -0.4 is 10.1 Å². The Labute approximate surface area is 184 Å². The van der Waals surface area contributed by atoms with Gasteiger partial charge in [-0.15, -0.1) is 0 Å². The molecule has 0 radical (unpaired) electrons. The molecule has 2 aromatic rings. The van der Waals surface area contributed by atoms with Crippen LogP contribution in [0.15, 0.2) is 18.5 Å². The molecule has 1 amide bonds. The number of halogens is 1. The summed E-state index contributed by atoms with van der Waals surface area (Å²) in [5, 5.41) is 7.56. The van der Waals surface area contributed by atoms with E-state index in [1.807, 2.05) is 0 Å². The summed E-state index contributed by atoms with van der Waals surface area (Å²) >= 11 is 6.18. The molecule has 1 N–H and O–H groups in total. The molecule has 30 heavy (non-hydrogen) atoms. The number of nitrogens with zero attached hydrogens (tertiary/aromatic N) is 3. The van der Waals surface area contributed by atoms with Crippen LogP contribution >= 0.6 is 21.6 Å². The molecule has 0 aliphatic heterocycles. The fourth-order valence-electron chi connectivity index (χ4n) is 2.49. The van der Waals surface area contributed by atoms with E-state index in [9.17, 15) is 4.79 Å². The van der Waals surface area contributed by atoms with Crippen LogP contribution in [0.5, 0.6) is 5.88 Å². The van der Waals surface area contributed by atoms with Crippen molar-refractivity contribution in [1.29, 1.82) is 0 Å². The summed E-state index contributed by atoms with van der Waals surface area (Å²) in [5.74, 6) is 1.34. The van der Waals surface area contributed by atoms with Gasteiger partial charge in [0.05, 0.1) is 36.2 Å². The highest BCUT2D eigenvalue weighted by molar-refractivity contribution is 8.32. The zero-order valence-corrected chi connectivity index (χ0v) is 20.2. The van der Waals surface area contributed by atoms with Crippen LogP contribution in [0.25, 0.3) is 11.3 Å². The molecule has 0 fully saturated rings. The Morgan fingerprint density at radius 3 is 2.57 bits per heavy atom. The smallest absolute Gasteiger partial charge is 0.412 e. The Morgan fingerprint density at radius 2 is 1.97 bits per heavy atom. The molecule has 2 rings (SSSR count). The molecule has 0 saturated heterocycles. The predicted octanol–water partition coefficient (Wildman–Crippen LogP) is 4.62. The van der Waals surface area contributed by atoms with Crippen LogP contribution in [0.2, 0.25) is 5.02 Å². The first-order chi connectivity index (χ1) is 13.9. The lowest BCUT2D eigenvalue weighted by Gasteiger charge is -2.24. The molecule has 0 aromatic carbocycles. The first-order valence-electron chi connectivity index (χ1n) is 9.39. The molecule has 0 bridgehead atoms. The number of anilines is 1. The second-order valence-electron chi connectivity index (χ2n) is 8.58. The third-order valence-electron chi connectivity index (χ3n) is 3.79. The van der Waals surface area contributed by atoms with E-state index in [0.717, 1.165) is 5.75 Å². The average Bonchev–Trinajstić information content (AvgIpc) is 2.98. The highest BCUT2D eigenvalue weighted by Crippen LogP contribution is 2.36. The summed E-state index contributed by atoms with van der Waals surface area (Å²) in [6, 6.07) is 1.71. The highest BCUT2D eigenvalue weighted by Gasteiger charge is 2.23. The van der Waals surface area contributed by atoms with E-state index in [1.165, 1.54) is 19.5 Å². The quantitative estimate of drug-likeness (QED) is 0.580. The maximum Gasteiger partial charge on any atom is 0.412 e. The number of aromatic nitrogens is 3. The first-order valence-corrected chi connectivity index (χ1v) is 12.8. The molecule has 0 aliphatic rings. The van der Waals surface area contributed by atoms with Crippen molar-refractivity contribution in [3.05, 3.63) is 23.5 Å². The maximum atomic E-state index is 12.3. The van der Waals surface area contributed by atoms with E-state index in [0.29, 0.717) is 34.5 Å². The fourth-order valence-corrected chi connectivity index (χ4v) is 3.27. The topological polar surface area (TPSA) is 87.5 Å². The molecule has 0 unspecified atom stereocenters. The summed E-state index contributed by atoms with van der Waals surface area (Å²) in [4.78, 5) is 16.6. The monoisotopic (exact) mass is 458 g/mol. The van der Waals surface area contributed by atoms with Crippen LogP contribution in [0.3, 0.4) is 0 Å². The van der Waals surface area contributed by atoms with Crippen LogP contribution in [-0.4, -0.2) is 64.7 Å². The van der Waals surface area contributed by atoms with E-state index in [4.69, 9.17) is 25.8 Å². The van der Waals surface area contributed by atoms with Gasteiger partial charge in [0, 0.05) is 11.9 Å². The van der Waals surface area contributed by atoms with Crippen molar-refractivity contribution in [2.45, 2.75) is 33.1 Å². The lowest BCUT2D eigenvalue weighted by atomic mass is 10.1. The minimum absolute atomic E-state index is 0.205. The third-order valence-corrected chi connectivity index (χ3v) is 5.39. The van der Waals surface area contributed by atoms with Crippen molar-refractivity contribution in [3.63, 3.8) is 0 Å². The molecule has 0 saturated carbocycles. The molecule has 8 nitrogen and oxygen atoms in total. The Bertz CT molecular complexity index is 875. The van der Waals surface area contributed by atoms with Crippen LogP contribution in [0, 0.1) is 0 Å². The number of pyridine rings is 1. The maximum absolute atomic E-state index is 12.3. The van der Waals surface area contributed by atoms with E-state index in [-0.39, 0.29) is 6.73 Å². The third kappa shape index (κ3) is 7.37. The number of carbonyl (C=O) groups excluding carboxylic acids is 1. The Morgan fingerprint density at radius 1 is 1.27 bits per heavy atom. The van der Waals surface area contributed by atoms with Crippen molar-refractivity contribution < 1.29 is 19.0 Å². The van der Waals surface area contributed by atoms with Crippen molar-refractivity contribution in [1.82, 2.24) is 14.8 Å². The predicted molar refractivity (Wildman–Crippen MR) is 123 cm³/mol. The minimum Gasteiger partial charge on any atom is -0.481 e. The van der Waals surface area contributed by atoms with Gasteiger partial charge in [-0.1, -0.05) is 11.6 Å². The summed E-state index contributed by atoms with van der Waals surface area (Å²) in [6.07, 6.45) is 9.16. The number of methoxy groups -OCH3 is 1. The molecule has 0 aliphatic carbocycles. The number of ether oxygens (including phenoxy) is 3. The fraction of sp³-hybridized carbons (Fsp3) is 0.550. The summed E-state index contributed by atoms with van der Waals surface area (Å²) in [6.45, 7) is 6.21. The summed E-state index contributed by atoms with van der Waals surface area (Å²) < 4.78 is 18.3. The zero-order chi connectivity index (χ0) is 22.5. The molecular formula is C20H31ClN4O4S. The lowest BCUT2D eigenvalue weighted by molar-refractivity contribution is 0.0635. The number of amides is 1. The average molecular weight is 459 g/mol. The van der Waals surface area contributed by atoms with Gasteiger partial charge in [0.2, 0.25) is 5.88 Å². The number of hydrogen-bond donors (Lipinski definition) is 1. The van der Waals surface area contributed by atoms with Gasteiger partial charge in [0.1, 0.15) is 18.0 Å². The van der Waals surface area contributed by atoms with Crippen LogP contribution in [0.1, 0.15) is 20.8 Å². The van der Waals surface area contributed by atoms with Crippen LogP contribution in [-0.2, 0) is 16.2 Å². The number of nitrogens with one attached hydrogen (secondary N) is 1. The van der Waals surface area contributed by atoms with Crippen molar-refractivity contribution >= 4 is 33.4 Å². The number of hydrogen-bond acceptors (Lipinski definition) is 6. The largest absolute Gasteiger partial charge is 0.481 e. The standard InChI is InChI=1S/C20H31ClN4O4S/c1-20(2,3)29-19(26)24-16-12-23-25(13-28-8-9-30(5,6)7)17(16)15-10-14(21)11-22-18(15)27-4/h10-12H,8-9,13H2,1-7H3,(H,24,26). The van der Waals surface area contributed by atoms with Gasteiger partial charge in [-0.05, 0) is 45.6 Å². The number of carbonyl (C=O) groups is 1. The molecule has 10 heteroatoms. The van der Waals surface area contributed by atoms with Gasteiger partial charge in [-0.2, -0.15) is 5.10 Å². The molecule has 0 atom stereocenters. The van der Waals surface area contributed by atoms with E-state index in [1.54, 1.807) is 31.5 Å². The Hall–Kier alpha value is -1.97. The second kappa shape index (κ2) is 9.89. The van der Waals surface area contributed by atoms with E-state index in [2.05, 4.69) is 34.2 Å². The molecule has 0 spiro atoms. The summed E-state index contributed by atoms with van der Waals surface area (Å²) in [5.41, 5.74) is 0.958. The van der Waals surface area contributed by atoms with Gasteiger partial charge >= 0.3 is 6.09 Å². The zero-order valence-electron chi connectivity index (χ0n) is 18.6. The van der Waals surface area contributed by atoms with E-state index >= 15 is 0 Å². The Balaban J connectivity index is 2.35. The first kappa shape index (κ1) is 24.3. The normalized spacial score (nSPS) is 12.5. The Kier molecular flexibility index (Phi) is 8.01. The van der Waals surface area contributed by atoms with Gasteiger partial charge in [0.25, 0.3) is 0 Å². The van der Waals surface area contributed by atoms with Gasteiger partial charge in [0.15, 0.2) is 0 Å². The molecule has 2 heterocycles. The number of rotatable bonds is 8. The van der Waals surface area contributed by atoms with Crippen molar-refractivity contribution in [3.8, 4) is 17.1 Å².